The average Bonchev–Trinajstić information content (AvgIpc) is 2.90. The lowest BCUT2D eigenvalue weighted by atomic mass is 9.86. The number of benzene rings is 2. The first-order chi connectivity index (χ1) is 18.1. The van der Waals surface area contributed by atoms with Crippen molar-refractivity contribution >= 4 is 11.6 Å². The van der Waals surface area contributed by atoms with Gasteiger partial charge in [-0.3, -0.25) is 4.90 Å². The summed E-state index contributed by atoms with van der Waals surface area (Å²) in [6, 6.07) is 15.5. The Bertz CT molecular complexity index is 1070. The standard InChI is InChI=1S/C26H33ClN2O.C5H9F3/c1-18-17-29(21-13-12-20-8-7-11-26(30-4)23(20)16-21)15-14-25(18)28(3)19(2)22-9-5-6-10-24(22)27;1-2-3-4-5(6,7)8/h5-11,19,21H,12-17H2,1-4H3;2-4H2,1H3. The van der Waals surface area contributed by atoms with Gasteiger partial charge in [0.05, 0.1) is 13.2 Å². The molecule has 1 aliphatic heterocycles. The highest BCUT2D eigenvalue weighted by Crippen LogP contribution is 2.35. The third-order valence-electron chi connectivity index (χ3n) is 7.90. The molecule has 0 saturated carbocycles. The summed E-state index contributed by atoms with van der Waals surface area (Å²) in [6.07, 6.45) is 0.837. The van der Waals surface area contributed by atoms with Crippen LogP contribution in [-0.4, -0.2) is 49.3 Å². The molecule has 1 aliphatic carbocycles. The van der Waals surface area contributed by atoms with Gasteiger partial charge in [-0.2, -0.15) is 13.2 Å². The van der Waals surface area contributed by atoms with Gasteiger partial charge in [0.15, 0.2) is 0 Å². The van der Waals surface area contributed by atoms with Crippen LogP contribution < -0.4 is 4.74 Å². The number of hydrogen-bond acceptors (Lipinski definition) is 3. The van der Waals surface area contributed by atoms with Crippen molar-refractivity contribution in [2.24, 2.45) is 0 Å². The van der Waals surface area contributed by atoms with E-state index in [1.54, 1.807) is 14.0 Å². The fourth-order valence-corrected chi connectivity index (χ4v) is 5.89. The summed E-state index contributed by atoms with van der Waals surface area (Å²) < 4.78 is 39.4. The van der Waals surface area contributed by atoms with Crippen LogP contribution in [0.15, 0.2) is 53.7 Å². The third-order valence-corrected chi connectivity index (χ3v) is 8.24. The van der Waals surface area contributed by atoms with Gasteiger partial charge in [-0.05, 0) is 73.9 Å². The van der Waals surface area contributed by atoms with Crippen LogP contribution in [0.4, 0.5) is 13.2 Å². The molecule has 0 saturated heterocycles. The van der Waals surface area contributed by atoms with Crippen molar-refractivity contribution in [3.63, 3.8) is 0 Å². The maximum Gasteiger partial charge on any atom is 0.389 e. The molecule has 0 spiro atoms. The molecule has 0 bridgehead atoms. The molecule has 3 nitrogen and oxygen atoms in total. The van der Waals surface area contributed by atoms with Gasteiger partial charge in [-0.1, -0.05) is 55.3 Å². The van der Waals surface area contributed by atoms with Gasteiger partial charge in [0.2, 0.25) is 0 Å². The molecule has 0 N–H and O–H groups in total. The van der Waals surface area contributed by atoms with Gasteiger partial charge in [0.1, 0.15) is 5.75 Å². The molecule has 0 radical (unpaired) electrons. The van der Waals surface area contributed by atoms with E-state index in [1.165, 1.54) is 34.4 Å². The van der Waals surface area contributed by atoms with E-state index in [4.69, 9.17) is 16.3 Å². The zero-order valence-corrected chi connectivity index (χ0v) is 24.1. The van der Waals surface area contributed by atoms with Gasteiger partial charge in [0, 0.05) is 49.7 Å². The predicted molar refractivity (Wildman–Crippen MR) is 151 cm³/mol. The molecule has 7 heteroatoms. The molecular formula is C31H42ClF3N2O. The van der Waals surface area contributed by atoms with E-state index in [-0.39, 0.29) is 12.5 Å². The number of halogens is 4. The number of aryl methyl sites for hydroxylation is 1. The number of hydrogen-bond donors (Lipinski definition) is 0. The lowest BCUT2D eigenvalue weighted by Gasteiger charge is -2.41. The largest absolute Gasteiger partial charge is 0.496 e. The molecule has 38 heavy (non-hydrogen) atoms. The van der Waals surface area contributed by atoms with Crippen molar-refractivity contribution in [1.29, 1.82) is 0 Å². The predicted octanol–water partition coefficient (Wildman–Crippen LogP) is 8.62. The molecule has 0 aromatic heterocycles. The molecule has 2 unspecified atom stereocenters. The lowest BCUT2D eigenvalue weighted by molar-refractivity contribution is -0.135. The van der Waals surface area contributed by atoms with Crippen molar-refractivity contribution in [3.05, 3.63) is 75.4 Å². The van der Waals surface area contributed by atoms with Gasteiger partial charge in [-0.25, -0.2) is 0 Å². The monoisotopic (exact) mass is 550 g/mol. The van der Waals surface area contributed by atoms with Crippen LogP contribution in [0.5, 0.6) is 5.75 Å². The van der Waals surface area contributed by atoms with Crippen molar-refractivity contribution < 1.29 is 17.9 Å². The number of unbranched alkanes of at least 4 members (excludes halogenated alkanes) is 1. The molecule has 0 fully saturated rings. The Labute approximate surface area is 231 Å². The molecule has 2 aliphatic rings. The molecule has 2 aromatic carbocycles. The molecule has 1 heterocycles. The highest BCUT2D eigenvalue weighted by atomic mass is 35.5. The van der Waals surface area contributed by atoms with Crippen LogP contribution in [0.3, 0.4) is 0 Å². The molecule has 4 rings (SSSR count). The fourth-order valence-electron chi connectivity index (χ4n) is 5.60. The second kappa shape index (κ2) is 13.7. The summed E-state index contributed by atoms with van der Waals surface area (Å²) >= 11 is 6.47. The molecule has 210 valence electrons. The minimum Gasteiger partial charge on any atom is -0.496 e. The second-order valence-corrected chi connectivity index (χ2v) is 10.9. The van der Waals surface area contributed by atoms with Gasteiger partial charge in [-0.15, -0.1) is 0 Å². The van der Waals surface area contributed by atoms with E-state index in [9.17, 15) is 13.2 Å². The van der Waals surface area contributed by atoms with Gasteiger partial charge < -0.3 is 9.64 Å². The Hall–Kier alpha value is -2.18. The maximum atomic E-state index is 11.2. The first-order valence-electron chi connectivity index (χ1n) is 13.7. The third kappa shape index (κ3) is 7.92. The maximum absolute atomic E-state index is 11.2. The van der Waals surface area contributed by atoms with Crippen LogP contribution in [0.25, 0.3) is 0 Å². The summed E-state index contributed by atoms with van der Waals surface area (Å²) in [5.41, 5.74) is 7.01. The Morgan fingerprint density at radius 3 is 2.47 bits per heavy atom. The van der Waals surface area contributed by atoms with E-state index in [0.717, 1.165) is 43.1 Å². The Morgan fingerprint density at radius 1 is 1.13 bits per heavy atom. The minimum absolute atomic E-state index is 0.253. The van der Waals surface area contributed by atoms with Crippen LogP contribution in [0.2, 0.25) is 5.02 Å². The van der Waals surface area contributed by atoms with Crippen LogP contribution in [0, 0.1) is 0 Å². The number of alkyl halides is 3. The minimum atomic E-state index is -3.95. The summed E-state index contributed by atoms with van der Waals surface area (Å²) in [5, 5.41) is 0.849. The quantitative estimate of drug-likeness (QED) is 0.343. The van der Waals surface area contributed by atoms with Crippen molar-refractivity contribution in [3.8, 4) is 5.75 Å². The molecular weight excluding hydrogens is 509 g/mol. The Kier molecular flexibility index (Phi) is 11.0. The molecule has 2 aromatic rings. The van der Waals surface area contributed by atoms with Crippen LogP contribution in [-0.2, 0) is 12.8 Å². The number of methoxy groups -OCH3 is 1. The highest BCUT2D eigenvalue weighted by Gasteiger charge is 2.30. The van der Waals surface area contributed by atoms with E-state index >= 15 is 0 Å². The van der Waals surface area contributed by atoms with Crippen molar-refractivity contribution in [1.82, 2.24) is 9.80 Å². The van der Waals surface area contributed by atoms with Gasteiger partial charge >= 0.3 is 6.18 Å². The number of ether oxygens (including phenoxy) is 1. The second-order valence-electron chi connectivity index (χ2n) is 10.5. The SMILES string of the molecule is CCCCC(F)(F)F.COc1cccc2c1CC(N1CCC(N(C)C(C)c3ccccc3Cl)=C(C)C1)CC2. The zero-order valence-electron chi connectivity index (χ0n) is 23.4. The summed E-state index contributed by atoms with van der Waals surface area (Å²) in [6.45, 7) is 8.45. The van der Waals surface area contributed by atoms with Gasteiger partial charge in [0.25, 0.3) is 0 Å². The summed E-state index contributed by atoms with van der Waals surface area (Å²) in [7, 11) is 4.00. The number of fused-ring (bicyclic) bond motifs is 1. The summed E-state index contributed by atoms with van der Waals surface area (Å²) in [4.78, 5) is 5.11. The topological polar surface area (TPSA) is 15.7 Å². The van der Waals surface area contributed by atoms with Crippen LogP contribution >= 0.6 is 11.6 Å². The van der Waals surface area contributed by atoms with Crippen molar-refractivity contribution in [2.75, 3.05) is 27.2 Å². The first kappa shape index (κ1) is 30.4. The Balaban J connectivity index is 0.000000436. The normalized spacial score (nSPS) is 18.8. The van der Waals surface area contributed by atoms with E-state index in [1.807, 2.05) is 12.1 Å². The highest BCUT2D eigenvalue weighted by molar-refractivity contribution is 6.31. The Morgan fingerprint density at radius 2 is 1.87 bits per heavy atom. The lowest BCUT2D eigenvalue weighted by Crippen LogP contribution is -2.44. The average molecular weight is 551 g/mol. The van der Waals surface area contributed by atoms with Crippen molar-refractivity contribution in [2.45, 2.75) is 84.0 Å². The first-order valence-corrected chi connectivity index (χ1v) is 14.0. The molecule has 0 amide bonds. The zero-order chi connectivity index (χ0) is 27.9. The number of nitrogens with zero attached hydrogens (tertiary/aromatic N) is 2. The van der Waals surface area contributed by atoms with Crippen LogP contribution in [0.1, 0.15) is 75.6 Å². The number of rotatable bonds is 7. The van der Waals surface area contributed by atoms with E-state index in [0.29, 0.717) is 12.5 Å². The van der Waals surface area contributed by atoms with E-state index in [2.05, 4.69) is 61.0 Å². The van der Waals surface area contributed by atoms with E-state index < -0.39 is 12.6 Å². The fraction of sp³-hybridized carbons (Fsp3) is 0.548. The molecule has 2 atom stereocenters. The smallest absolute Gasteiger partial charge is 0.389 e. The summed E-state index contributed by atoms with van der Waals surface area (Å²) in [5.74, 6) is 1.05.